The first-order valence-electron chi connectivity index (χ1n) is 12.9. The van der Waals surface area contributed by atoms with Gasteiger partial charge in [-0.2, -0.15) is 0 Å². The van der Waals surface area contributed by atoms with E-state index in [0.29, 0.717) is 16.3 Å². The van der Waals surface area contributed by atoms with Crippen molar-refractivity contribution in [2.45, 2.75) is 52.2 Å². The summed E-state index contributed by atoms with van der Waals surface area (Å²) >= 11 is 6.19. The molecule has 1 N–H and O–H groups in total. The molecular weight excluding hydrogens is 534 g/mol. The number of nitrogens with one attached hydrogen (secondary N) is 1. The number of sulfonamides is 1. The maximum atomic E-state index is 14.1. The minimum absolute atomic E-state index is 0.0916. The third-order valence-corrected chi connectivity index (χ3v) is 7.95. The van der Waals surface area contributed by atoms with Crippen molar-refractivity contribution in [3.63, 3.8) is 0 Å². The van der Waals surface area contributed by atoms with E-state index in [-0.39, 0.29) is 24.9 Å². The molecule has 0 bridgehead atoms. The minimum atomic E-state index is -3.86. The zero-order valence-electron chi connectivity index (χ0n) is 22.8. The molecule has 3 rings (SSSR count). The van der Waals surface area contributed by atoms with Gasteiger partial charge in [-0.25, -0.2) is 8.42 Å². The average Bonchev–Trinajstić information content (AvgIpc) is 2.91. The lowest BCUT2D eigenvalue weighted by Gasteiger charge is -2.34. The standard InChI is InChI=1S/C30H36ClN3O4S/c1-5-23(3)32-30(36)28(18-24-12-8-6-9-13-24)33(20-25-14-10-7-11-15-25)29(35)21-34(39(4,37)38)27-19-26(31)17-16-22(27)2/h6-17,19,23,28H,5,18,20-21H2,1-4H3,(H,32,36)/t23-,28+/m1/s1. The zero-order valence-corrected chi connectivity index (χ0v) is 24.4. The molecule has 2 atom stereocenters. The van der Waals surface area contributed by atoms with Crippen molar-refractivity contribution < 1.29 is 18.0 Å². The number of carbonyl (C=O) groups is 2. The van der Waals surface area contributed by atoms with Crippen LogP contribution in [0, 0.1) is 6.92 Å². The third kappa shape index (κ3) is 8.57. The third-order valence-electron chi connectivity index (χ3n) is 6.59. The summed E-state index contributed by atoms with van der Waals surface area (Å²) in [5.74, 6) is -0.786. The molecule has 0 radical (unpaired) electrons. The Morgan fingerprint density at radius 1 is 0.949 bits per heavy atom. The molecule has 0 heterocycles. The molecule has 0 aliphatic carbocycles. The summed E-state index contributed by atoms with van der Waals surface area (Å²) in [6, 6.07) is 22.8. The van der Waals surface area contributed by atoms with Crippen molar-refractivity contribution in [3.05, 3.63) is 101 Å². The fourth-order valence-electron chi connectivity index (χ4n) is 4.22. The Labute approximate surface area is 236 Å². The van der Waals surface area contributed by atoms with Crippen LogP contribution in [-0.4, -0.2) is 50.0 Å². The normalized spacial score (nSPS) is 12.8. The molecule has 2 amide bonds. The van der Waals surface area contributed by atoms with Crippen LogP contribution in [0.25, 0.3) is 0 Å². The van der Waals surface area contributed by atoms with Crippen LogP contribution >= 0.6 is 11.6 Å². The lowest BCUT2D eigenvalue weighted by Crippen LogP contribution is -2.54. The first kappa shape index (κ1) is 30.2. The van der Waals surface area contributed by atoms with Gasteiger partial charge in [-0.05, 0) is 49.1 Å². The first-order chi connectivity index (χ1) is 18.5. The number of aryl methyl sites for hydroxylation is 1. The molecule has 3 aromatic carbocycles. The van der Waals surface area contributed by atoms with E-state index in [0.717, 1.165) is 28.1 Å². The quantitative estimate of drug-likeness (QED) is 0.334. The van der Waals surface area contributed by atoms with E-state index in [9.17, 15) is 18.0 Å². The fraction of sp³-hybridized carbons (Fsp3) is 0.333. The van der Waals surface area contributed by atoms with E-state index < -0.39 is 28.5 Å². The summed E-state index contributed by atoms with van der Waals surface area (Å²) in [5, 5.41) is 3.38. The average molecular weight is 570 g/mol. The minimum Gasteiger partial charge on any atom is -0.352 e. The highest BCUT2D eigenvalue weighted by Gasteiger charge is 2.33. The fourth-order valence-corrected chi connectivity index (χ4v) is 5.29. The van der Waals surface area contributed by atoms with E-state index >= 15 is 0 Å². The predicted molar refractivity (Wildman–Crippen MR) is 157 cm³/mol. The van der Waals surface area contributed by atoms with Crippen LogP contribution in [0.3, 0.4) is 0 Å². The summed E-state index contributed by atoms with van der Waals surface area (Å²) in [6.07, 6.45) is 2.06. The van der Waals surface area contributed by atoms with E-state index in [2.05, 4.69) is 5.32 Å². The topological polar surface area (TPSA) is 86.8 Å². The highest BCUT2D eigenvalue weighted by molar-refractivity contribution is 7.92. The molecule has 0 fully saturated rings. The Morgan fingerprint density at radius 3 is 2.10 bits per heavy atom. The van der Waals surface area contributed by atoms with Crippen molar-refractivity contribution in [3.8, 4) is 0 Å². The van der Waals surface area contributed by atoms with Gasteiger partial charge in [0.25, 0.3) is 0 Å². The van der Waals surface area contributed by atoms with Gasteiger partial charge in [-0.3, -0.25) is 13.9 Å². The number of halogens is 1. The number of rotatable bonds is 12. The van der Waals surface area contributed by atoms with Crippen LogP contribution in [0.15, 0.2) is 78.9 Å². The van der Waals surface area contributed by atoms with Crippen molar-refractivity contribution in [2.75, 3.05) is 17.1 Å². The Hall–Kier alpha value is -3.36. The summed E-state index contributed by atoms with van der Waals surface area (Å²) < 4.78 is 26.9. The summed E-state index contributed by atoms with van der Waals surface area (Å²) in [6.45, 7) is 5.30. The van der Waals surface area contributed by atoms with Gasteiger partial charge in [0.15, 0.2) is 0 Å². The smallest absolute Gasteiger partial charge is 0.244 e. The van der Waals surface area contributed by atoms with Gasteiger partial charge in [0.2, 0.25) is 21.8 Å². The maximum Gasteiger partial charge on any atom is 0.244 e. The molecule has 0 aliphatic rings. The van der Waals surface area contributed by atoms with Crippen LogP contribution in [0.4, 0.5) is 5.69 Å². The van der Waals surface area contributed by atoms with Gasteiger partial charge in [0, 0.05) is 24.0 Å². The molecule has 7 nitrogen and oxygen atoms in total. The van der Waals surface area contributed by atoms with Gasteiger partial charge >= 0.3 is 0 Å². The van der Waals surface area contributed by atoms with E-state index in [1.807, 2.05) is 74.5 Å². The van der Waals surface area contributed by atoms with Crippen LogP contribution in [0.5, 0.6) is 0 Å². The van der Waals surface area contributed by atoms with Crippen LogP contribution < -0.4 is 9.62 Å². The largest absolute Gasteiger partial charge is 0.352 e. The lowest BCUT2D eigenvalue weighted by atomic mass is 10.0. The summed E-state index contributed by atoms with van der Waals surface area (Å²) in [4.78, 5) is 29.2. The maximum absolute atomic E-state index is 14.1. The zero-order chi connectivity index (χ0) is 28.6. The van der Waals surface area contributed by atoms with E-state index in [1.54, 1.807) is 19.1 Å². The van der Waals surface area contributed by atoms with Crippen LogP contribution in [-0.2, 0) is 32.6 Å². The molecule has 208 valence electrons. The van der Waals surface area contributed by atoms with Crippen molar-refractivity contribution in [1.29, 1.82) is 0 Å². The van der Waals surface area contributed by atoms with Crippen LogP contribution in [0.1, 0.15) is 37.0 Å². The van der Waals surface area contributed by atoms with Gasteiger partial charge in [0.1, 0.15) is 12.6 Å². The second-order valence-corrected chi connectivity index (χ2v) is 12.1. The molecule has 0 saturated carbocycles. The Balaban J connectivity index is 2.06. The number of hydrogen-bond donors (Lipinski definition) is 1. The number of nitrogens with zero attached hydrogens (tertiary/aromatic N) is 2. The Kier molecular flexibility index (Phi) is 10.5. The van der Waals surface area contributed by atoms with Gasteiger partial charge in [-0.15, -0.1) is 0 Å². The number of benzene rings is 3. The second kappa shape index (κ2) is 13.6. The van der Waals surface area contributed by atoms with Crippen molar-refractivity contribution in [2.24, 2.45) is 0 Å². The summed E-state index contributed by atoms with van der Waals surface area (Å²) in [7, 11) is -3.86. The molecule has 0 aromatic heterocycles. The summed E-state index contributed by atoms with van der Waals surface area (Å²) in [5.41, 5.74) is 2.69. The number of amides is 2. The molecular formula is C30H36ClN3O4S. The van der Waals surface area contributed by atoms with Gasteiger partial charge < -0.3 is 10.2 Å². The van der Waals surface area contributed by atoms with Gasteiger partial charge in [-0.1, -0.05) is 85.3 Å². The molecule has 9 heteroatoms. The van der Waals surface area contributed by atoms with Crippen LogP contribution in [0.2, 0.25) is 5.02 Å². The molecule has 39 heavy (non-hydrogen) atoms. The Morgan fingerprint density at radius 2 is 1.54 bits per heavy atom. The number of anilines is 1. The monoisotopic (exact) mass is 569 g/mol. The van der Waals surface area contributed by atoms with E-state index in [1.165, 1.54) is 11.0 Å². The second-order valence-electron chi connectivity index (χ2n) is 9.73. The molecule has 3 aromatic rings. The number of carbonyl (C=O) groups excluding carboxylic acids is 2. The molecule has 0 aliphatic heterocycles. The van der Waals surface area contributed by atoms with Crippen molar-refractivity contribution in [1.82, 2.24) is 10.2 Å². The molecule has 0 unspecified atom stereocenters. The Bertz CT molecular complexity index is 1370. The highest BCUT2D eigenvalue weighted by atomic mass is 35.5. The lowest BCUT2D eigenvalue weighted by molar-refractivity contribution is -0.140. The molecule has 0 saturated heterocycles. The molecule has 0 spiro atoms. The highest BCUT2D eigenvalue weighted by Crippen LogP contribution is 2.27. The number of hydrogen-bond acceptors (Lipinski definition) is 4. The van der Waals surface area contributed by atoms with Gasteiger partial charge in [0.05, 0.1) is 11.9 Å². The van der Waals surface area contributed by atoms with Crippen molar-refractivity contribution >= 4 is 39.1 Å². The van der Waals surface area contributed by atoms with E-state index in [4.69, 9.17) is 11.6 Å². The first-order valence-corrected chi connectivity index (χ1v) is 15.1. The predicted octanol–water partition coefficient (Wildman–Crippen LogP) is 4.97. The SMILES string of the molecule is CC[C@@H](C)NC(=O)[C@H](Cc1ccccc1)N(Cc1ccccc1)C(=O)CN(c1cc(Cl)ccc1C)S(C)(=O)=O.